The average molecular weight is 527 g/mol. The molecule has 0 saturated carbocycles. The van der Waals surface area contributed by atoms with E-state index >= 15 is 0 Å². The Morgan fingerprint density at radius 2 is 1.83 bits per heavy atom. The Morgan fingerprint density at radius 1 is 1.06 bits per heavy atom. The lowest BCUT2D eigenvalue weighted by Gasteiger charge is -2.33. The summed E-state index contributed by atoms with van der Waals surface area (Å²) in [7, 11) is -2.36. The highest BCUT2D eigenvalue weighted by atomic mass is 32.2. The average Bonchev–Trinajstić information content (AvgIpc) is 3.50. The molecule has 0 aliphatic carbocycles. The van der Waals surface area contributed by atoms with Crippen molar-refractivity contribution < 1.29 is 13.2 Å². The lowest BCUT2D eigenvalue weighted by Crippen LogP contribution is -2.46. The molecule has 190 valence electrons. The summed E-state index contributed by atoms with van der Waals surface area (Å²) in [5.74, 6) is 1.20. The van der Waals surface area contributed by atoms with E-state index in [1.165, 1.54) is 20.5 Å². The number of rotatable bonds is 6. The molecule has 6 rings (SSSR count). The second-order valence-electron chi connectivity index (χ2n) is 9.46. The Labute approximate surface area is 215 Å². The monoisotopic (exact) mass is 526 g/mol. The zero-order chi connectivity index (χ0) is 24.6. The summed E-state index contributed by atoms with van der Waals surface area (Å²) in [5, 5.41) is 9.65. The van der Waals surface area contributed by atoms with Crippen molar-refractivity contribution in [1.82, 2.24) is 25.0 Å². The number of H-pyrrole nitrogens is 1. The van der Waals surface area contributed by atoms with Crippen LogP contribution in [0.1, 0.15) is 10.4 Å². The molecular formula is C25H30N6O3S2. The van der Waals surface area contributed by atoms with Crippen LogP contribution in [0, 0.1) is 6.92 Å². The molecule has 0 spiro atoms. The summed E-state index contributed by atoms with van der Waals surface area (Å²) in [6.45, 7) is 9.49. The van der Waals surface area contributed by atoms with E-state index in [1.807, 2.05) is 34.6 Å². The Kier molecular flexibility index (Phi) is 6.65. The minimum absolute atomic E-state index is 0.159. The van der Waals surface area contributed by atoms with Gasteiger partial charge in [-0.3, -0.25) is 14.9 Å². The van der Waals surface area contributed by atoms with Crippen LogP contribution in [0.2, 0.25) is 0 Å². The maximum atomic E-state index is 11.1. The van der Waals surface area contributed by atoms with Gasteiger partial charge in [0.05, 0.1) is 41.2 Å². The zero-order valence-corrected chi connectivity index (χ0v) is 22.0. The van der Waals surface area contributed by atoms with Crippen LogP contribution in [0.3, 0.4) is 0 Å². The molecular weight excluding hydrogens is 496 g/mol. The van der Waals surface area contributed by atoms with Crippen molar-refractivity contribution in [3.8, 4) is 11.3 Å². The van der Waals surface area contributed by atoms with Gasteiger partial charge in [-0.05, 0) is 24.6 Å². The number of hydrogen-bond donors (Lipinski definition) is 2. The molecule has 4 aromatic rings. The third-order valence-corrected chi connectivity index (χ3v) is 9.14. The van der Waals surface area contributed by atoms with Crippen LogP contribution >= 0.6 is 11.3 Å². The summed E-state index contributed by atoms with van der Waals surface area (Å²) in [4.78, 5) is 13.4. The smallest absolute Gasteiger partial charge is 0.153 e. The van der Waals surface area contributed by atoms with Crippen molar-refractivity contribution in [3.05, 3.63) is 40.9 Å². The van der Waals surface area contributed by atoms with Gasteiger partial charge in [0.1, 0.15) is 5.82 Å². The third-order valence-electron chi connectivity index (χ3n) is 7.22. The number of thiol groups is 1. The molecule has 2 aliphatic heterocycles. The first-order valence-electron chi connectivity index (χ1n) is 12.3. The van der Waals surface area contributed by atoms with Crippen LogP contribution in [-0.4, -0.2) is 91.8 Å². The highest BCUT2D eigenvalue weighted by molar-refractivity contribution is 7.72. The van der Waals surface area contributed by atoms with Crippen LogP contribution < -0.4 is 4.90 Å². The van der Waals surface area contributed by atoms with Gasteiger partial charge in [0.2, 0.25) is 0 Å². The second kappa shape index (κ2) is 10.1. The van der Waals surface area contributed by atoms with E-state index < -0.39 is 10.7 Å². The van der Waals surface area contributed by atoms with Crippen LogP contribution in [-0.2, 0) is 22.0 Å². The van der Waals surface area contributed by atoms with Gasteiger partial charge < -0.3 is 9.64 Å². The molecule has 5 heterocycles. The van der Waals surface area contributed by atoms with E-state index in [0.29, 0.717) is 13.2 Å². The minimum atomic E-state index is -2.36. The predicted molar refractivity (Wildman–Crippen MR) is 145 cm³/mol. The van der Waals surface area contributed by atoms with Crippen molar-refractivity contribution in [1.29, 1.82) is 0 Å². The number of benzene rings is 1. The van der Waals surface area contributed by atoms with E-state index in [-0.39, 0.29) is 5.88 Å². The van der Waals surface area contributed by atoms with Gasteiger partial charge in [0.15, 0.2) is 10.7 Å². The van der Waals surface area contributed by atoms with E-state index in [0.717, 1.165) is 73.8 Å². The van der Waals surface area contributed by atoms with Gasteiger partial charge in [-0.15, -0.1) is 11.3 Å². The van der Waals surface area contributed by atoms with Gasteiger partial charge in [-0.2, -0.15) is 5.10 Å². The maximum absolute atomic E-state index is 11.1. The van der Waals surface area contributed by atoms with Crippen LogP contribution in [0.4, 0.5) is 5.82 Å². The van der Waals surface area contributed by atoms with Gasteiger partial charge in [-0.1, -0.05) is 12.1 Å². The van der Waals surface area contributed by atoms with Crippen molar-refractivity contribution >= 4 is 48.8 Å². The Hall–Kier alpha value is -2.57. The predicted octanol–water partition coefficient (Wildman–Crippen LogP) is 2.67. The SMILES string of the molecule is Cc1c(CN2CCN(C[SH](=O)=O)CC2)sc2c(N3CCOCC3)nc(-c3cccc4[nH]ncc34)cc12. The normalized spacial score (nSPS) is 18.1. The van der Waals surface area contributed by atoms with Crippen molar-refractivity contribution in [2.24, 2.45) is 0 Å². The molecule has 1 aromatic carbocycles. The second-order valence-corrected chi connectivity index (χ2v) is 11.5. The molecule has 9 nitrogen and oxygen atoms in total. The number of piperazine rings is 1. The number of aryl methyl sites for hydroxylation is 1. The van der Waals surface area contributed by atoms with E-state index in [9.17, 15) is 8.42 Å². The third kappa shape index (κ3) is 4.61. The van der Waals surface area contributed by atoms with Gasteiger partial charge in [0.25, 0.3) is 0 Å². The molecule has 1 N–H and O–H groups in total. The fourth-order valence-corrected chi connectivity index (χ4v) is 7.13. The van der Waals surface area contributed by atoms with Gasteiger partial charge in [-0.25, -0.2) is 13.4 Å². The van der Waals surface area contributed by atoms with Crippen molar-refractivity contribution in [2.75, 3.05) is 63.3 Å². The molecule has 2 aliphatic rings. The van der Waals surface area contributed by atoms with E-state index in [4.69, 9.17) is 9.72 Å². The van der Waals surface area contributed by atoms with Crippen LogP contribution in [0.5, 0.6) is 0 Å². The molecule has 2 saturated heterocycles. The number of fused-ring (bicyclic) bond motifs is 2. The number of aromatic amines is 1. The number of hydrogen-bond acceptors (Lipinski definition) is 9. The largest absolute Gasteiger partial charge is 0.378 e. The maximum Gasteiger partial charge on any atom is 0.153 e. The number of thiophene rings is 1. The number of morpholine rings is 1. The van der Waals surface area contributed by atoms with E-state index in [1.54, 1.807) is 0 Å². The Morgan fingerprint density at radius 3 is 2.61 bits per heavy atom. The van der Waals surface area contributed by atoms with Crippen LogP contribution in [0.25, 0.3) is 32.2 Å². The number of anilines is 1. The molecule has 11 heteroatoms. The van der Waals surface area contributed by atoms with Gasteiger partial charge in [0, 0.05) is 67.0 Å². The molecule has 0 unspecified atom stereocenters. The molecule has 0 radical (unpaired) electrons. The van der Waals surface area contributed by atoms with E-state index in [2.05, 4.69) is 39.1 Å². The number of nitrogens with zero attached hydrogens (tertiary/aromatic N) is 5. The first kappa shape index (κ1) is 23.8. The lowest BCUT2D eigenvalue weighted by molar-refractivity contribution is 0.122. The molecule has 0 amide bonds. The zero-order valence-electron chi connectivity index (χ0n) is 20.3. The Balaban J connectivity index is 1.38. The fraction of sp³-hybridized carbons (Fsp3) is 0.440. The number of ether oxygens (including phenoxy) is 1. The topological polar surface area (TPSA) is 94.7 Å². The molecule has 0 bridgehead atoms. The van der Waals surface area contributed by atoms with Crippen molar-refractivity contribution in [2.45, 2.75) is 13.5 Å². The minimum Gasteiger partial charge on any atom is -0.378 e. The Bertz CT molecular complexity index is 1460. The van der Waals surface area contributed by atoms with Crippen LogP contribution in [0.15, 0.2) is 30.5 Å². The summed E-state index contributed by atoms with van der Waals surface area (Å²) >= 11 is 1.84. The number of pyridine rings is 1. The highest BCUT2D eigenvalue weighted by Crippen LogP contribution is 2.40. The molecule has 36 heavy (non-hydrogen) atoms. The van der Waals surface area contributed by atoms with Crippen molar-refractivity contribution in [3.63, 3.8) is 0 Å². The number of nitrogens with one attached hydrogen (secondary N) is 1. The summed E-state index contributed by atoms with van der Waals surface area (Å²) in [6, 6.07) is 8.44. The highest BCUT2D eigenvalue weighted by Gasteiger charge is 2.24. The lowest BCUT2D eigenvalue weighted by atomic mass is 10.0. The van der Waals surface area contributed by atoms with Gasteiger partial charge >= 0.3 is 0 Å². The molecule has 2 fully saturated rings. The molecule has 0 atom stereocenters. The summed E-state index contributed by atoms with van der Waals surface area (Å²) in [5.41, 5.74) is 4.35. The number of aromatic nitrogens is 3. The summed E-state index contributed by atoms with van der Waals surface area (Å²) < 4.78 is 29.0. The summed E-state index contributed by atoms with van der Waals surface area (Å²) in [6.07, 6.45) is 1.87. The fourth-order valence-electron chi connectivity index (χ4n) is 5.17. The first-order chi connectivity index (χ1) is 17.6. The molecule has 3 aromatic heterocycles. The first-order valence-corrected chi connectivity index (χ1v) is 14.5. The standard InChI is InChI=1S/C25H30N6O3S2/c1-17-19-13-22(18-3-2-4-21-20(18)14-26-28-21)27-25(31-9-11-34-12-10-31)24(19)35-23(17)15-29-5-7-30(8-6-29)16-36(32)33/h2-4,13-14,36H,5-12,15-16H2,1H3,(H,26,28). The quantitative estimate of drug-likeness (QED) is 0.371.